The van der Waals surface area contributed by atoms with Gasteiger partial charge in [0.25, 0.3) is 0 Å². The van der Waals surface area contributed by atoms with Crippen LogP contribution in [-0.4, -0.2) is 9.66 Å². The van der Waals surface area contributed by atoms with Crippen LogP contribution in [0.15, 0.2) is 48.9 Å². The van der Waals surface area contributed by atoms with Crippen LogP contribution in [0.2, 0.25) is 0 Å². The van der Waals surface area contributed by atoms with Gasteiger partial charge in [0, 0.05) is 17.8 Å². The molecular weight excluding hydrogens is 229 g/mol. The summed E-state index contributed by atoms with van der Waals surface area (Å²) in [6, 6.07) is 9.61. The number of halogens is 1. The van der Waals surface area contributed by atoms with E-state index in [1.807, 2.05) is 42.1 Å². The molecule has 0 amide bonds. The summed E-state index contributed by atoms with van der Waals surface area (Å²) in [6.07, 6.45) is 4.70. The first-order valence-corrected chi connectivity index (χ1v) is 5.69. The highest BCUT2D eigenvalue weighted by Crippen LogP contribution is 2.21. The van der Waals surface area contributed by atoms with E-state index in [0.717, 1.165) is 16.5 Å². The summed E-state index contributed by atoms with van der Waals surface area (Å²) in [4.78, 5) is 3.73. The number of nitrogens with one attached hydrogen (secondary N) is 1. The van der Waals surface area contributed by atoms with E-state index >= 15 is 0 Å². The molecule has 0 aliphatic rings. The van der Waals surface area contributed by atoms with Gasteiger partial charge in [0.1, 0.15) is 0 Å². The number of hydrogen-bond acceptors (Lipinski definition) is 2. The Morgan fingerprint density at radius 1 is 1.22 bits per heavy atom. The number of hydrogen-bond donors (Lipinski definition) is 1. The van der Waals surface area contributed by atoms with Crippen molar-refractivity contribution in [2.75, 3.05) is 5.43 Å². The van der Waals surface area contributed by atoms with E-state index in [2.05, 4.69) is 10.4 Å². The molecule has 3 aromatic rings. The van der Waals surface area contributed by atoms with E-state index < -0.39 is 0 Å². The smallest absolute Gasteiger partial charge is 0.166 e. The average Bonchev–Trinajstić information content (AvgIpc) is 2.70. The summed E-state index contributed by atoms with van der Waals surface area (Å²) in [5, 5.41) is 1.15. The fourth-order valence-electron chi connectivity index (χ4n) is 2.04. The Labute approximate surface area is 104 Å². The summed E-state index contributed by atoms with van der Waals surface area (Å²) in [5.74, 6) is -0.368. The molecule has 0 saturated carbocycles. The predicted molar refractivity (Wildman–Crippen MR) is 69.9 cm³/mol. The predicted octanol–water partition coefficient (Wildman–Crippen LogP) is 3.36. The maximum atomic E-state index is 13.5. The second kappa shape index (κ2) is 4.14. The SMILES string of the molecule is Cc1cn(Nc2ccncc2F)c2ccccc12. The molecule has 1 N–H and O–H groups in total. The third-order valence-corrected chi connectivity index (χ3v) is 2.92. The van der Waals surface area contributed by atoms with Crippen molar-refractivity contribution in [3.8, 4) is 0 Å². The van der Waals surface area contributed by atoms with Gasteiger partial charge in [-0.05, 0) is 24.6 Å². The van der Waals surface area contributed by atoms with Gasteiger partial charge in [0.2, 0.25) is 0 Å². The number of fused-ring (bicyclic) bond motifs is 1. The number of nitrogens with zero attached hydrogens (tertiary/aromatic N) is 2. The summed E-state index contributed by atoms with van der Waals surface area (Å²) >= 11 is 0. The Balaban J connectivity index is 2.08. The average molecular weight is 241 g/mol. The zero-order chi connectivity index (χ0) is 12.5. The minimum Gasteiger partial charge on any atom is -0.291 e. The van der Waals surface area contributed by atoms with Crippen LogP contribution in [-0.2, 0) is 0 Å². The van der Waals surface area contributed by atoms with E-state index in [0.29, 0.717) is 5.69 Å². The molecule has 4 heteroatoms. The molecular formula is C14H12FN3. The zero-order valence-corrected chi connectivity index (χ0v) is 9.89. The van der Waals surface area contributed by atoms with Gasteiger partial charge in [-0.3, -0.25) is 15.1 Å². The Hall–Kier alpha value is -2.36. The van der Waals surface area contributed by atoms with Gasteiger partial charge in [-0.15, -0.1) is 0 Å². The third-order valence-electron chi connectivity index (χ3n) is 2.92. The van der Waals surface area contributed by atoms with Gasteiger partial charge in [0.15, 0.2) is 5.82 Å². The van der Waals surface area contributed by atoms with E-state index in [1.54, 1.807) is 12.3 Å². The van der Waals surface area contributed by atoms with Crippen molar-refractivity contribution >= 4 is 16.6 Å². The molecule has 1 aromatic carbocycles. The van der Waals surface area contributed by atoms with Crippen LogP contribution in [0, 0.1) is 12.7 Å². The second-order valence-corrected chi connectivity index (χ2v) is 4.17. The Morgan fingerprint density at radius 3 is 2.89 bits per heavy atom. The molecule has 0 saturated heterocycles. The van der Waals surface area contributed by atoms with E-state index in [4.69, 9.17) is 0 Å². The number of rotatable bonds is 2. The number of para-hydroxylation sites is 1. The van der Waals surface area contributed by atoms with Crippen LogP contribution in [0.1, 0.15) is 5.56 Å². The maximum absolute atomic E-state index is 13.5. The van der Waals surface area contributed by atoms with Crippen LogP contribution < -0.4 is 5.43 Å². The summed E-state index contributed by atoms with van der Waals surface area (Å²) in [7, 11) is 0. The van der Waals surface area contributed by atoms with Gasteiger partial charge < -0.3 is 0 Å². The van der Waals surface area contributed by atoms with E-state index in [9.17, 15) is 4.39 Å². The molecule has 0 bridgehead atoms. The van der Waals surface area contributed by atoms with Crippen LogP contribution in [0.4, 0.5) is 10.1 Å². The van der Waals surface area contributed by atoms with Crippen LogP contribution in [0.25, 0.3) is 10.9 Å². The molecule has 0 fully saturated rings. The fourth-order valence-corrected chi connectivity index (χ4v) is 2.04. The summed E-state index contributed by atoms with van der Waals surface area (Å²) in [5.41, 5.74) is 5.61. The van der Waals surface area contributed by atoms with Crippen molar-refractivity contribution in [3.63, 3.8) is 0 Å². The monoisotopic (exact) mass is 241 g/mol. The molecule has 2 heterocycles. The quantitative estimate of drug-likeness (QED) is 0.745. The number of aromatic nitrogens is 2. The standard InChI is InChI=1S/C14H12FN3/c1-10-9-18(14-5-3-2-4-11(10)14)17-13-6-7-16-8-12(13)15/h2-9H,1H3,(H,16,17). The summed E-state index contributed by atoms with van der Waals surface area (Å²) in [6.45, 7) is 2.03. The lowest BCUT2D eigenvalue weighted by Gasteiger charge is -2.09. The number of aryl methyl sites for hydroxylation is 1. The minimum atomic E-state index is -0.368. The Kier molecular flexibility index (Phi) is 2.48. The first kappa shape index (κ1) is 10.8. The van der Waals surface area contributed by atoms with Crippen LogP contribution >= 0.6 is 0 Å². The van der Waals surface area contributed by atoms with Gasteiger partial charge in [-0.1, -0.05) is 18.2 Å². The highest BCUT2D eigenvalue weighted by molar-refractivity contribution is 5.84. The zero-order valence-electron chi connectivity index (χ0n) is 9.89. The molecule has 0 aliphatic heterocycles. The molecule has 2 aromatic heterocycles. The van der Waals surface area contributed by atoms with Crippen molar-refractivity contribution in [1.29, 1.82) is 0 Å². The topological polar surface area (TPSA) is 29.9 Å². The molecule has 0 aliphatic carbocycles. The fraction of sp³-hybridized carbons (Fsp3) is 0.0714. The van der Waals surface area contributed by atoms with Gasteiger partial charge >= 0.3 is 0 Å². The molecule has 18 heavy (non-hydrogen) atoms. The molecule has 3 nitrogen and oxygen atoms in total. The number of pyridine rings is 1. The Morgan fingerprint density at radius 2 is 2.06 bits per heavy atom. The minimum absolute atomic E-state index is 0.368. The van der Waals surface area contributed by atoms with E-state index in [1.165, 1.54) is 6.20 Å². The number of anilines is 1. The highest BCUT2D eigenvalue weighted by Gasteiger charge is 2.06. The lowest BCUT2D eigenvalue weighted by Crippen LogP contribution is -2.08. The lowest BCUT2D eigenvalue weighted by atomic mass is 10.2. The van der Waals surface area contributed by atoms with Crippen LogP contribution in [0.3, 0.4) is 0 Å². The van der Waals surface area contributed by atoms with Crippen LogP contribution in [0.5, 0.6) is 0 Å². The van der Waals surface area contributed by atoms with Crippen molar-refractivity contribution in [2.45, 2.75) is 6.92 Å². The van der Waals surface area contributed by atoms with E-state index in [-0.39, 0.29) is 5.82 Å². The molecule has 0 radical (unpaired) electrons. The largest absolute Gasteiger partial charge is 0.291 e. The molecule has 0 spiro atoms. The Bertz CT molecular complexity index is 703. The van der Waals surface area contributed by atoms with Crippen molar-refractivity contribution < 1.29 is 4.39 Å². The van der Waals surface area contributed by atoms with Crippen molar-refractivity contribution in [2.24, 2.45) is 0 Å². The van der Waals surface area contributed by atoms with Crippen molar-refractivity contribution in [1.82, 2.24) is 9.66 Å². The molecule has 3 rings (SSSR count). The normalized spacial score (nSPS) is 10.8. The summed E-state index contributed by atoms with van der Waals surface area (Å²) < 4.78 is 15.4. The maximum Gasteiger partial charge on any atom is 0.166 e. The van der Waals surface area contributed by atoms with Crippen molar-refractivity contribution in [3.05, 3.63) is 60.3 Å². The first-order chi connectivity index (χ1) is 8.75. The molecule has 0 atom stereocenters. The molecule has 0 unspecified atom stereocenters. The highest BCUT2D eigenvalue weighted by atomic mass is 19.1. The first-order valence-electron chi connectivity index (χ1n) is 5.69. The third kappa shape index (κ3) is 1.72. The number of benzene rings is 1. The second-order valence-electron chi connectivity index (χ2n) is 4.17. The van der Waals surface area contributed by atoms with Gasteiger partial charge in [-0.2, -0.15) is 0 Å². The van der Waals surface area contributed by atoms with Gasteiger partial charge in [-0.25, -0.2) is 4.39 Å². The molecule has 90 valence electrons. The van der Waals surface area contributed by atoms with Gasteiger partial charge in [0.05, 0.1) is 17.4 Å². The lowest BCUT2D eigenvalue weighted by molar-refractivity contribution is 0.622.